The van der Waals surface area contributed by atoms with Gasteiger partial charge >= 0.3 is 5.97 Å². The minimum Gasteiger partial charge on any atom is -0.466 e. The highest BCUT2D eigenvalue weighted by Gasteiger charge is 2.38. The first kappa shape index (κ1) is 14.1. The standard InChI is InChI=1S/C15H9N2O4P/c1-16-11-10(15(20)21-2)7-22-14(11)17-12(18)8-5-3-4-6-9(8)13(17)19/h3-7,22H,2H3. The molecule has 2 amide bonds. The van der Waals surface area contributed by atoms with Gasteiger partial charge in [0.05, 0.1) is 35.8 Å². The van der Waals surface area contributed by atoms with Gasteiger partial charge < -0.3 is 4.74 Å². The van der Waals surface area contributed by atoms with E-state index >= 15 is 0 Å². The number of methoxy groups -OCH3 is 1. The molecular formula is C15H9N2O4P. The van der Waals surface area contributed by atoms with Gasteiger partial charge in [-0.25, -0.2) is 14.5 Å². The van der Waals surface area contributed by atoms with Crippen molar-refractivity contribution in [3.63, 3.8) is 0 Å². The molecular weight excluding hydrogens is 303 g/mol. The number of benzene rings is 1. The van der Waals surface area contributed by atoms with Crippen LogP contribution < -0.4 is 4.90 Å². The first-order valence-electron chi connectivity index (χ1n) is 6.25. The van der Waals surface area contributed by atoms with E-state index in [1.165, 1.54) is 12.9 Å². The molecule has 1 aromatic carbocycles. The summed E-state index contributed by atoms with van der Waals surface area (Å²) in [6.45, 7) is 7.26. The van der Waals surface area contributed by atoms with Crippen LogP contribution in [0.15, 0.2) is 30.1 Å². The second-order valence-corrected chi connectivity index (χ2v) is 5.55. The predicted octanol–water partition coefficient (Wildman–Crippen LogP) is 2.86. The Morgan fingerprint density at radius 1 is 1.23 bits per heavy atom. The number of nitrogens with zero attached hydrogens (tertiary/aromatic N) is 2. The van der Waals surface area contributed by atoms with E-state index in [0.29, 0.717) is 11.1 Å². The molecule has 0 spiro atoms. The highest BCUT2D eigenvalue weighted by molar-refractivity contribution is 7.35. The Bertz CT molecular complexity index is 828. The number of anilines is 1. The Morgan fingerprint density at radius 3 is 2.32 bits per heavy atom. The quantitative estimate of drug-likeness (QED) is 0.486. The van der Waals surface area contributed by atoms with Crippen LogP contribution in [0.5, 0.6) is 0 Å². The predicted molar refractivity (Wildman–Crippen MR) is 81.1 cm³/mol. The summed E-state index contributed by atoms with van der Waals surface area (Å²) in [4.78, 5) is 40.8. The summed E-state index contributed by atoms with van der Waals surface area (Å²) >= 11 is 0. The summed E-state index contributed by atoms with van der Waals surface area (Å²) in [6.07, 6.45) is 0. The van der Waals surface area contributed by atoms with Gasteiger partial charge in [0.15, 0.2) is 0 Å². The number of hydrogen-bond acceptors (Lipinski definition) is 4. The number of carbonyl (C=O) groups excluding carboxylic acids is 3. The monoisotopic (exact) mass is 312 g/mol. The molecule has 0 saturated carbocycles. The van der Waals surface area contributed by atoms with Crippen LogP contribution in [0.1, 0.15) is 31.1 Å². The largest absolute Gasteiger partial charge is 0.466 e. The Kier molecular flexibility index (Phi) is 3.28. The topological polar surface area (TPSA) is 68.0 Å². The molecule has 0 aliphatic carbocycles. The highest BCUT2D eigenvalue weighted by atomic mass is 31.0. The lowest BCUT2D eigenvalue weighted by molar-refractivity contribution is 0.0602. The maximum atomic E-state index is 12.4. The third-order valence-corrected chi connectivity index (χ3v) is 4.53. The van der Waals surface area contributed by atoms with Crippen LogP contribution in [0.4, 0.5) is 11.1 Å². The van der Waals surface area contributed by atoms with Crippen molar-refractivity contribution >= 4 is 37.1 Å². The molecule has 1 aliphatic rings. The van der Waals surface area contributed by atoms with E-state index < -0.39 is 17.8 Å². The van der Waals surface area contributed by atoms with Crippen LogP contribution in [0.25, 0.3) is 4.85 Å². The van der Waals surface area contributed by atoms with E-state index in [2.05, 4.69) is 9.58 Å². The zero-order chi connectivity index (χ0) is 15.9. The van der Waals surface area contributed by atoms with Crippen molar-refractivity contribution in [1.82, 2.24) is 0 Å². The molecule has 108 valence electrons. The van der Waals surface area contributed by atoms with Crippen LogP contribution in [-0.4, -0.2) is 24.9 Å². The fourth-order valence-corrected chi connectivity index (χ4v) is 3.54. The van der Waals surface area contributed by atoms with Crippen LogP contribution >= 0.6 is 8.19 Å². The maximum absolute atomic E-state index is 12.4. The lowest BCUT2D eigenvalue weighted by atomic mass is 10.1. The Balaban J connectivity index is 2.13. The molecule has 6 nitrogen and oxygen atoms in total. The third-order valence-electron chi connectivity index (χ3n) is 3.37. The summed E-state index contributed by atoms with van der Waals surface area (Å²) in [6, 6.07) is 6.49. The van der Waals surface area contributed by atoms with Crippen molar-refractivity contribution in [1.29, 1.82) is 0 Å². The van der Waals surface area contributed by atoms with Crippen molar-refractivity contribution in [3.8, 4) is 0 Å². The number of fused-ring (bicyclic) bond motifs is 1. The van der Waals surface area contributed by atoms with Crippen molar-refractivity contribution in [2.75, 3.05) is 12.0 Å². The molecule has 1 unspecified atom stereocenters. The molecule has 2 heterocycles. The summed E-state index contributed by atoms with van der Waals surface area (Å²) in [7, 11) is 1.10. The number of amides is 2. The van der Waals surface area contributed by atoms with Gasteiger partial charge in [0.2, 0.25) is 5.69 Å². The molecule has 1 atom stereocenters. The zero-order valence-corrected chi connectivity index (χ0v) is 12.4. The molecule has 22 heavy (non-hydrogen) atoms. The molecule has 1 aromatic heterocycles. The molecule has 0 saturated heterocycles. The van der Waals surface area contributed by atoms with E-state index in [4.69, 9.17) is 6.57 Å². The molecule has 2 aromatic rings. The summed E-state index contributed by atoms with van der Waals surface area (Å²) < 4.78 is 4.62. The van der Waals surface area contributed by atoms with Crippen LogP contribution in [0.2, 0.25) is 0 Å². The number of carbonyl (C=O) groups is 3. The molecule has 0 N–H and O–H groups in total. The van der Waals surface area contributed by atoms with Gasteiger partial charge in [-0.1, -0.05) is 12.1 Å². The second-order valence-electron chi connectivity index (χ2n) is 4.49. The van der Waals surface area contributed by atoms with E-state index in [0.717, 1.165) is 4.90 Å². The average molecular weight is 312 g/mol. The Hall–Kier alpha value is -2.90. The Labute approximate surface area is 127 Å². The summed E-state index contributed by atoms with van der Waals surface area (Å²) in [5.74, 6) is -0.0596. The normalized spacial score (nSPS) is 13.4. The number of imide groups is 1. The molecule has 0 bridgehead atoms. The second kappa shape index (κ2) is 5.14. The van der Waals surface area contributed by atoms with E-state index in [-0.39, 0.29) is 24.9 Å². The average Bonchev–Trinajstić information content (AvgIpc) is 3.07. The van der Waals surface area contributed by atoms with Gasteiger partial charge in [-0.2, -0.15) is 0 Å². The molecule has 3 rings (SSSR count). The van der Waals surface area contributed by atoms with Crippen molar-refractivity contribution in [2.24, 2.45) is 0 Å². The minimum atomic E-state index is -0.648. The lowest BCUT2D eigenvalue weighted by Gasteiger charge is -2.13. The van der Waals surface area contributed by atoms with Gasteiger partial charge in [0.25, 0.3) is 11.8 Å². The zero-order valence-electron chi connectivity index (χ0n) is 11.4. The first-order chi connectivity index (χ1) is 10.6. The van der Waals surface area contributed by atoms with Crippen molar-refractivity contribution in [2.45, 2.75) is 0 Å². The fraction of sp³-hybridized carbons (Fsp3) is 0.0667. The van der Waals surface area contributed by atoms with Crippen LogP contribution in [0.3, 0.4) is 0 Å². The molecule has 0 radical (unpaired) electrons. The number of rotatable bonds is 2. The van der Waals surface area contributed by atoms with Gasteiger partial charge in [0.1, 0.15) is 0 Å². The number of esters is 1. The van der Waals surface area contributed by atoms with E-state index in [1.807, 2.05) is 0 Å². The SMILES string of the molecule is [C-]#[N+]c1c(C(=O)OC)c[pH]c1N1C(=O)c2ccccc2C1=O. The maximum Gasteiger partial charge on any atom is 0.327 e. The van der Waals surface area contributed by atoms with E-state index in [9.17, 15) is 14.4 Å². The smallest absolute Gasteiger partial charge is 0.327 e. The fourth-order valence-electron chi connectivity index (χ4n) is 2.35. The number of ether oxygens (including phenoxy) is 1. The van der Waals surface area contributed by atoms with Crippen molar-refractivity contribution < 1.29 is 19.1 Å². The Morgan fingerprint density at radius 2 is 1.82 bits per heavy atom. The van der Waals surface area contributed by atoms with Crippen LogP contribution in [-0.2, 0) is 4.74 Å². The summed E-state index contributed by atoms with van der Waals surface area (Å²) in [5.41, 5.74) is 0.963. The molecule has 7 heteroatoms. The molecule has 1 aliphatic heterocycles. The van der Waals surface area contributed by atoms with Gasteiger partial charge in [-0.05, 0) is 17.9 Å². The highest BCUT2D eigenvalue weighted by Crippen LogP contribution is 2.45. The van der Waals surface area contributed by atoms with E-state index in [1.54, 1.807) is 24.3 Å². The lowest BCUT2D eigenvalue weighted by Crippen LogP contribution is -2.28. The molecule has 0 fully saturated rings. The summed E-state index contributed by atoms with van der Waals surface area (Å²) in [5, 5.41) is 0. The number of hydrogen-bond donors (Lipinski definition) is 0. The van der Waals surface area contributed by atoms with Gasteiger partial charge in [-0.15, -0.1) is 8.19 Å². The third kappa shape index (κ3) is 1.84. The van der Waals surface area contributed by atoms with Gasteiger partial charge in [0, 0.05) is 0 Å². The first-order valence-corrected chi connectivity index (χ1v) is 7.32. The van der Waals surface area contributed by atoms with Crippen LogP contribution in [0, 0.1) is 6.57 Å². The van der Waals surface area contributed by atoms with Crippen molar-refractivity contribution in [3.05, 3.63) is 58.2 Å². The van der Waals surface area contributed by atoms with Gasteiger partial charge in [-0.3, -0.25) is 9.59 Å². The minimum absolute atomic E-state index is 0.000288.